The largest absolute Gasteiger partial charge is 0.453 e. The second-order valence-electron chi connectivity index (χ2n) is 15.6. The van der Waals surface area contributed by atoms with Crippen LogP contribution in [0.2, 0.25) is 0 Å². The maximum atomic E-state index is 15.8. The second kappa shape index (κ2) is 17.8. The summed E-state index contributed by atoms with van der Waals surface area (Å²) < 4.78 is 20.5. The minimum absolute atomic E-state index is 0.104. The molecule has 0 spiro atoms. The van der Waals surface area contributed by atoms with Crippen LogP contribution in [0.15, 0.2) is 85.2 Å². The van der Waals surface area contributed by atoms with E-state index in [2.05, 4.69) is 39.7 Å². The molecule has 4 N–H and O–H groups in total. The molecule has 7 rings (SSSR count). The summed E-state index contributed by atoms with van der Waals surface area (Å²) in [6, 6.07) is 21.8. The van der Waals surface area contributed by atoms with Gasteiger partial charge in [0.05, 0.1) is 36.8 Å². The molecule has 2 fully saturated rings. The van der Waals surface area contributed by atoms with Crippen LogP contribution in [0.1, 0.15) is 82.4 Å². The van der Waals surface area contributed by atoms with Gasteiger partial charge in [0.2, 0.25) is 11.8 Å². The number of hydrogen-bond acceptors (Lipinski definition) is 8. The quantitative estimate of drug-likeness (QED) is 0.116. The predicted molar refractivity (Wildman–Crippen MR) is 222 cm³/mol. The van der Waals surface area contributed by atoms with Crippen molar-refractivity contribution in [3.8, 4) is 22.4 Å². The van der Waals surface area contributed by atoms with Crippen molar-refractivity contribution in [2.45, 2.75) is 83.7 Å². The third kappa shape index (κ3) is 8.31. The maximum absolute atomic E-state index is 15.8. The summed E-state index contributed by atoms with van der Waals surface area (Å²) in [7, 11) is 1.28. The number of halogens is 1. The molecule has 5 atom stereocenters. The number of alkyl carbamates (subject to hydrolysis) is 1. The number of nitrogens with one attached hydrogen (secondary N) is 4. The Hall–Kier alpha value is -5.69. The number of likely N-dealkylation sites (tertiary alicyclic amines) is 2. The third-order valence-electron chi connectivity index (χ3n) is 11.8. The summed E-state index contributed by atoms with van der Waals surface area (Å²) in [5.74, 6) is 0.227. The monoisotopic (exact) mass is 790 g/mol. The van der Waals surface area contributed by atoms with Crippen LogP contribution < -0.4 is 16.0 Å². The normalized spacial score (nSPS) is 20.1. The van der Waals surface area contributed by atoms with Crippen molar-refractivity contribution >= 4 is 23.6 Å². The molecular formula is C45H55FN8O4. The molecule has 0 bridgehead atoms. The highest BCUT2D eigenvalue weighted by atomic mass is 19.1. The average molecular weight is 791 g/mol. The molecule has 4 heterocycles. The number of rotatable bonds is 13. The van der Waals surface area contributed by atoms with E-state index in [1.807, 2.05) is 85.6 Å². The van der Waals surface area contributed by atoms with Crippen LogP contribution in [0, 0.1) is 11.7 Å². The van der Waals surface area contributed by atoms with Gasteiger partial charge in [-0.05, 0) is 79.1 Å². The second-order valence-corrected chi connectivity index (χ2v) is 15.6. The SMILES string of the molecule is CCN(CC)[C@@H](C(=O)N1CCC[C@H]1c1ncc(-c2ccc(-c3ccc(C4=CNC([C@@H]5CCCN5C(=O)[C@@H](NC(=O)OC)C(C)C)N4)c(F)c3)cc2)[nH]1)c1ccccc1. The molecule has 3 aliphatic heterocycles. The van der Waals surface area contributed by atoms with Crippen LogP contribution >= 0.6 is 0 Å². The highest BCUT2D eigenvalue weighted by Gasteiger charge is 2.41. The number of ether oxygens (including phenoxy) is 1. The lowest BCUT2D eigenvalue weighted by Crippen LogP contribution is -2.57. The summed E-state index contributed by atoms with van der Waals surface area (Å²) in [5.41, 5.74) is 5.45. The molecule has 306 valence electrons. The van der Waals surface area contributed by atoms with Crippen LogP contribution in [-0.4, -0.2) is 94.1 Å². The van der Waals surface area contributed by atoms with Gasteiger partial charge < -0.3 is 35.5 Å². The number of imidazole rings is 1. The van der Waals surface area contributed by atoms with E-state index < -0.39 is 12.1 Å². The van der Waals surface area contributed by atoms with Crippen molar-refractivity contribution in [3.05, 3.63) is 108 Å². The summed E-state index contributed by atoms with van der Waals surface area (Å²) in [6.45, 7) is 10.8. The number of carbonyl (C=O) groups is 3. The zero-order chi connectivity index (χ0) is 40.9. The number of hydrogen-bond donors (Lipinski definition) is 4. The van der Waals surface area contributed by atoms with Gasteiger partial charge in [0.1, 0.15) is 29.9 Å². The standard InChI is InChI=1S/C45H55FN8O4/c1-6-52(7-2)40(31-13-9-8-10-14-31)44(56)54-24-12-16-38(54)41-47-26-35(49-41)30-19-17-29(18-20-30)32-21-22-33(34(46)25-32)36-27-48-42(50-36)37-15-11-23-53(37)43(55)39(28(3)4)51-45(57)58-5/h8-10,13-14,17-22,25-28,37-40,42,48,50H,6-7,11-12,15-16,23-24H2,1-5H3,(H,47,49)(H,51,57)/t37-,38-,39-,40+,42?/m0/s1. The van der Waals surface area contributed by atoms with Gasteiger partial charge in [0.15, 0.2) is 0 Å². The zero-order valence-corrected chi connectivity index (χ0v) is 34.0. The van der Waals surface area contributed by atoms with Crippen molar-refractivity contribution in [1.82, 2.24) is 40.6 Å². The Labute approximate surface area is 340 Å². The predicted octanol–water partition coefficient (Wildman–Crippen LogP) is 6.82. The Morgan fingerprint density at radius 3 is 2.29 bits per heavy atom. The molecule has 3 amide bonds. The molecule has 12 nitrogen and oxygen atoms in total. The fourth-order valence-electron chi connectivity index (χ4n) is 8.69. The first-order valence-electron chi connectivity index (χ1n) is 20.5. The van der Waals surface area contributed by atoms with Gasteiger partial charge in [-0.2, -0.15) is 0 Å². The van der Waals surface area contributed by atoms with Gasteiger partial charge >= 0.3 is 6.09 Å². The highest BCUT2D eigenvalue weighted by Crippen LogP contribution is 2.36. The Morgan fingerprint density at radius 2 is 1.60 bits per heavy atom. The Balaban J connectivity index is 1.00. The smallest absolute Gasteiger partial charge is 0.407 e. The van der Waals surface area contributed by atoms with Crippen LogP contribution in [0.3, 0.4) is 0 Å². The highest BCUT2D eigenvalue weighted by molar-refractivity contribution is 5.87. The number of aromatic nitrogens is 2. The van der Waals surface area contributed by atoms with E-state index in [0.29, 0.717) is 24.4 Å². The molecule has 0 saturated carbocycles. The number of methoxy groups -OCH3 is 1. The first-order valence-corrected chi connectivity index (χ1v) is 20.5. The molecule has 1 aromatic heterocycles. The molecule has 1 unspecified atom stereocenters. The molecule has 3 aromatic carbocycles. The van der Waals surface area contributed by atoms with Gasteiger partial charge in [-0.3, -0.25) is 14.5 Å². The molecule has 2 saturated heterocycles. The number of benzene rings is 3. The first-order chi connectivity index (χ1) is 28.1. The minimum atomic E-state index is -0.714. The fraction of sp³-hybridized carbons (Fsp3) is 0.422. The molecule has 4 aromatic rings. The first kappa shape index (κ1) is 40.5. The summed E-state index contributed by atoms with van der Waals surface area (Å²) in [6.07, 6.45) is 5.98. The van der Waals surface area contributed by atoms with E-state index in [9.17, 15) is 14.4 Å². The van der Waals surface area contributed by atoms with E-state index in [-0.39, 0.29) is 47.8 Å². The van der Waals surface area contributed by atoms with Crippen LogP contribution in [-0.2, 0) is 14.3 Å². The summed E-state index contributed by atoms with van der Waals surface area (Å²) >= 11 is 0. The van der Waals surface area contributed by atoms with Crippen molar-refractivity contribution in [2.75, 3.05) is 33.3 Å². The van der Waals surface area contributed by atoms with E-state index in [4.69, 9.17) is 9.72 Å². The molecule has 3 aliphatic rings. The fourth-order valence-corrected chi connectivity index (χ4v) is 8.69. The van der Waals surface area contributed by atoms with Gasteiger partial charge in [-0.25, -0.2) is 14.2 Å². The van der Waals surface area contributed by atoms with Crippen molar-refractivity contribution in [3.63, 3.8) is 0 Å². The van der Waals surface area contributed by atoms with Gasteiger partial charge in [0, 0.05) is 24.9 Å². The molecule has 0 aliphatic carbocycles. The van der Waals surface area contributed by atoms with E-state index >= 15 is 4.39 Å². The Bertz CT molecular complexity index is 2100. The van der Waals surface area contributed by atoms with Gasteiger partial charge in [0.25, 0.3) is 0 Å². The molecular weight excluding hydrogens is 736 g/mol. The maximum Gasteiger partial charge on any atom is 0.407 e. The van der Waals surface area contributed by atoms with E-state index in [0.717, 1.165) is 72.5 Å². The summed E-state index contributed by atoms with van der Waals surface area (Å²) in [4.78, 5) is 54.0. The molecule has 0 radical (unpaired) electrons. The van der Waals surface area contributed by atoms with Gasteiger partial charge in [-0.15, -0.1) is 0 Å². The third-order valence-corrected chi connectivity index (χ3v) is 11.8. The van der Waals surface area contributed by atoms with Crippen LogP contribution in [0.5, 0.6) is 0 Å². The Kier molecular flexibility index (Phi) is 12.5. The van der Waals surface area contributed by atoms with Gasteiger partial charge in [-0.1, -0.05) is 88.4 Å². The lowest BCUT2D eigenvalue weighted by molar-refractivity contribution is -0.138. The minimum Gasteiger partial charge on any atom is -0.453 e. The number of H-pyrrole nitrogens is 1. The van der Waals surface area contributed by atoms with E-state index in [1.165, 1.54) is 13.2 Å². The van der Waals surface area contributed by atoms with Crippen molar-refractivity contribution in [1.29, 1.82) is 0 Å². The lowest BCUT2D eigenvalue weighted by Gasteiger charge is -2.34. The van der Waals surface area contributed by atoms with Crippen LogP contribution in [0.4, 0.5) is 9.18 Å². The molecule has 58 heavy (non-hydrogen) atoms. The van der Waals surface area contributed by atoms with Crippen molar-refractivity contribution in [2.24, 2.45) is 5.92 Å². The number of aromatic amines is 1. The number of carbonyl (C=O) groups excluding carboxylic acids is 3. The number of amides is 3. The van der Waals surface area contributed by atoms with Crippen molar-refractivity contribution < 1.29 is 23.5 Å². The van der Waals surface area contributed by atoms with Crippen LogP contribution in [0.25, 0.3) is 28.1 Å². The lowest BCUT2D eigenvalue weighted by atomic mass is 10.0. The topological polar surface area (TPSA) is 135 Å². The summed E-state index contributed by atoms with van der Waals surface area (Å²) in [5, 5.41) is 9.41. The zero-order valence-electron chi connectivity index (χ0n) is 34.0. The number of nitrogens with zero attached hydrogens (tertiary/aromatic N) is 4. The average Bonchev–Trinajstić information content (AvgIpc) is 4.09. The number of likely N-dealkylation sites (N-methyl/N-ethyl adjacent to an activating group) is 1. The van der Waals surface area contributed by atoms with E-state index in [1.54, 1.807) is 17.2 Å². The Morgan fingerprint density at radius 1 is 0.914 bits per heavy atom. The molecule has 13 heteroatoms.